The Morgan fingerprint density at radius 3 is 2.76 bits per heavy atom. The van der Waals surface area contributed by atoms with Gasteiger partial charge in [0.25, 0.3) is 0 Å². The Hall–Kier alpha value is -1.36. The number of hydrogen-bond donors (Lipinski definition) is 1. The van der Waals surface area contributed by atoms with Crippen LogP contribution in [0.25, 0.3) is 0 Å². The van der Waals surface area contributed by atoms with Crippen molar-refractivity contribution in [1.82, 2.24) is 5.43 Å². The number of nitrogens with zero attached hydrogens (tertiary/aromatic N) is 1. The number of hydrogen-bond acceptors (Lipinski definition) is 3. The first-order chi connectivity index (χ1) is 10.2. The summed E-state index contributed by atoms with van der Waals surface area (Å²) in [5.74, 6) is 2.20. The molecule has 0 aromatic heterocycles. The molecule has 21 heavy (non-hydrogen) atoms. The molecule has 0 radical (unpaired) electrons. The minimum absolute atomic E-state index is 0.0668. The van der Waals surface area contributed by atoms with Gasteiger partial charge in [0.15, 0.2) is 0 Å². The number of fused-ring (bicyclic) bond motifs is 1. The van der Waals surface area contributed by atoms with Gasteiger partial charge in [0.1, 0.15) is 5.75 Å². The topological polar surface area (TPSA) is 50.7 Å². The Morgan fingerprint density at radius 2 is 2.10 bits per heavy atom. The highest BCUT2D eigenvalue weighted by atomic mass is 79.9. The molecule has 0 spiro atoms. The molecule has 0 heterocycles. The highest BCUT2D eigenvalue weighted by Crippen LogP contribution is 2.55. The third-order valence-electron chi connectivity index (χ3n) is 4.53. The number of rotatable bonds is 4. The Balaban J connectivity index is 1.60. The molecule has 1 aromatic rings. The molecule has 2 atom stereocenters. The number of amides is 1. The van der Waals surface area contributed by atoms with Crippen LogP contribution in [0.3, 0.4) is 0 Å². The summed E-state index contributed by atoms with van der Waals surface area (Å²) in [6.45, 7) is 0. The van der Waals surface area contributed by atoms with Crippen LogP contribution < -0.4 is 10.2 Å². The summed E-state index contributed by atoms with van der Waals surface area (Å²) in [5.41, 5.74) is 3.51. The maximum atomic E-state index is 12.1. The van der Waals surface area contributed by atoms with E-state index in [1.807, 2.05) is 18.2 Å². The molecule has 4 nitrogen and oxygen atoms in total. The van der Waals surface area contributed by atoms with Crippen LogP contribution in [0, 0.1) is 17.8 Å². The molecule has 3 rings (SSSR count). The smallest absolute Gasteiger partial charge is 0.243 e. The van der Waals surface area contributed by atoms with Crippen LogP contribution in [0.5, 0.6) is 5.75 Å². The van der Waals surface area contributed by atoms with Gasteiger partial charge in [-0.15, -0.1) is 0 Å². The summed E-state index contributed by atoms with van der Waals surface area (Å²) in [5, 5.41) is 4.09. The quantitative estimate of drug-likeness (QED) is 0.668. The van der Waals surface area contributed by atoms with Crippen LogP contribution in [0.15, 0.2) is 27.8 Å². The van der Waals surface area contributed by atoms with Crippen LogP contribution in [0.2, 0.25) is 0 Å². The zero-order chi connectivity index (χ0) is 14.8. The van der Waals surface area contributed by atoms with Crippen molar-refractivity contribution in [1.29, 1.82) is 0 Å². The Kier molecular flexibility index (Phi) is 4.29. The maximum absolute atomic E-state index is 12.1. The first-order valence-electron chi connectivity index (χ1n) is 7.37. The fourth-order valence-corrected chi connectivity index (χ4v) is 3.81. The van der Waals surface area contributed by atoms with Crippen molar-refractivity contribution in [2.45, 2.75) is 25.7 Å². The summed E-state index contributed by atoms with van der Waals surface area (Å²) in [4.78, 5) is 12.1. The zero-order valence-electron chi connectivity index (χ0n) is 12.0. The van der Waals surface area contributed by atoms with E-state index in [0.717, 1.165) is 15.8 Å². The highest BCUT2D eigenvalue weighted by Gasteiger charge is 2.54. The average molecular weight is 351 g/mol. The van der Waals surface area contributed by atoms with E-state index in [4.69, 9.17) is 4.74 Å². The second-order valence-electron chi connectivity index (χ2n) is 5.76. The molecule has 2 aliphatic carbocycles. The molecule has 112 valence electrons. The minimum Gasteiger partial charge on any atom is -0.496 e. The lowest BCUT2D eigenvalue weighted by Crippen LogP contribution is -2.20. The van der Waals surface area contributed by atoms with Crippen molar-refractivity contribution < 1.29 is 9.53 Å². The molecular formula is C16H19BrN2O2. The van der Waals surface area contributed by atoms with E-state index in [-0.39, 0.29) is 11.8 Å². The molecule has 1 aromatic carbocycles. The van der Waals surface area contributed by atoms with Gasteiger partial charge in [-0.25, -0.2) is 5.43 Å². The van der Waals surface area contributed by atoms with Crippen molar-refractivity contribution >= 4 is 28.1 Å². The lowest BCUT2D eigenvalue weighted by molar-refractivity contribution is -0.122. The molecule has 2 saturated carbocycles. The predicted molar refractivity (Wildman–Crippen MR) is 85.4 cm³/mol. The van der Waals surface area contributed by atoms with E-state index in [0.29, 0.717) is 11.8 Å². The van der Waals surface area contributed by atoms with Gasteiger partial charge in [-0.3, -0.25) is 4.79 Å². The van der Waals surface area contributed by atoms with Gasteiger partial charge < -0.3 is 4.74 Å². The number of carbonyl (C=O) groups is 1. The summed E-state index contributed by atoms with van der Waals surface area (Å²) < 4.78 is 6.22. The molecule has 0 unspecified atom stereocenters. The SMILES string of the molecule is COc1ccc(Br)cc1C=NNC(=O)C1[C@H]2CCCC[C@H]12. The lowest BCUT2D eigenvalue weighted by Gasteiger charge is -2.04. The molecule has 2 aliphatic rings. The molecule has 0 saturated heterocycles. The van der Waals surface area contributed by atoms with Gasteiger partial charge in [-0.1, -0.05) is 28.8 Å². The normalized spacial score (nSPS) is 27.2. The Morgan fingerprint density at radius 1 is 1.38 bits per heavy atom. The number of nitrogens with one attached hydrogen (secondary N) is 1. The van der Waals surface area contributed by atoms with Gasteiger partial charge in [0.2, 0.25) is 5.91 Å². The van der Waals surface area contributed by atoms with Gasteiger partial charge in [0.05, 0.1) is 13.3 Å². The first kappa shape index (κ1) is 14.6. The largest absolute Gasteiger partial charge is 0.496 e. The number of carbonyl (C=O) groups excluding carboxylic acids is 1. The summed E-state index contributed by atoms with van der Waals surface area (Å²) in [6, 6.07) is 5.68. The number of methoxy groups -OCH3 is 1. The molecule has 1 N–H and O–H groups in total. The van der Waals surface area contributed by atoms with Crippen molar-refractivity contribution in [3.8, 4) is 5.75 Å². The third-order valence-corrected chi connectivity index (χ3v) is 5.02. The van der Waals surface area contributed by atoms with Crippen LogP contribution >= 0.6 is 15.9 Å². The molecule has 1 amide bonds. The van der Waals surface area contributed by atoms with E-state index < -0.39 is 0 Å². The van der Waals surface area contributed by atoms with E-state index in [1.54, 1.807) is 13.3 Å². The van der Waals surface area contributed by atoms with Crippen LogP contribution in [0.4, 0.5) is 0 Å². The predicted octanol–water partition coefficient (Wildman–Crippen LogP) is 3.34. The number of ether oxygens (including phenoxy) is 1. The molecule has 0 bridgehead atoms. The van der Waals surface area contributed by atoms with E-state index in [9.17, 15) is 4.79 Å². The fraction of sp³-hybridized carbons (Fsp3) is 0.500. The fourth-order valence-electron chi connectivity index (χ4n) is 3.43. The first-order valence-corrected chi connectivity index (χ1v) is 8.16. The van der Waals surface area contributed by atoms with Crippen molar-refractivity contribution in [3.63, 3.8) is 0 Å². The average Bonchev–Trinajstić information content (AvgIpc) is 3.22. The second-order valence-corrected chi connectivity index (χ2v) is 6.67. The monoisotopic (exact) mass is 350 g/mol. The number of halogens is 1. The van der Waals surface area contributed by atoms with Crippen molar-refractivity contribution in [3.05, 3.63) is 28.2 Å². The van der Waals surface area contributed by atoms with Crippen LogP contribution in [-0.2, 0) is 4.79 Å². The number of hydrazone groups is 1. The van der Waals surface area contributed by atoms with Crippen molar-refractivity contribution in [2.24, 2.45) is 22.9 Å². The van der Waals surface area contributed by atoms with Gasteiger partial charge in [0, 0.05) is 16.0 Å². The molecular weight excluding hydrogens is 332 g/mol. The summed E-state index contributed by atoms with van der Waals surface area (Å²) in [6.07, 6.45) is 6.57. The van der Waals surface area contributed by atoms with E-state index in [2.05, 4.69) is 26.5 Å². The van der Waals surface area contributed by atoms with E-state index in [1.165, 1.54) is 25.7 Å². The maximum Gasteiger partial charge on any atom is 0.243 e. The zero-order valence-corrected chi connectivity index (χ0v) is 13.6. The standard InChI is InChI=1S/C16H19BrN2O2/c1-21-14-7-6-11(17)8-10(14)9-18-19-16(20)15-12-4-2-3-5-13(12)15/h6-9,12-13,15H,2-5H2,1H3,(H,19,20)/t12-,13-/m0/s1. The van der Waals surface area contributed by atoms with Gasteiger partial charge in [-0.2, -0.15) is 5.10 Å². The Bertz CT molecular complexity index is 561. The molecule has 5 heteroatoms. The van der Waals surface area contributed by atoms with Gasteiger partial charge >= 0.3 is 0 Å². The van der Waals surface area contributed by atoms with Gasteiger partial charge in [-0.05, 0) is 42.9 Å². The lowest BCUT2D eigenvalue weighted by atomic mass is 10.0. The molecule has 2 fully saturated rings. The highest BCUT2D eigenvalue weighted by molar-refractivity contribution is 9.10. The van der Waals surface area contributed by atoms with Crippen LogP contribution in [-0.4, -0.2) is 19.2 Å². The van der Waals surface area contributed by atoms with E-state index >= 15 is 0 Å². The number of benzene rings is 1. The van der Waals surface area contributed by atoms with Crippen LogP contribution in [0.1, 0.15) is 31.2 Å². The Labute approximate surface area is 133 Å². The molecule has 0 aliphatic heterocycles. The minimum atomic E-state index is 0.0668. The summed E-state index contributed by atoms with van der Waals surface area (Å²) in [7, 11) is 1.62. The van der Waals surface area contributed by atoms with Crippen molar-refractivity contribution in [2.75, 3.05) is 7.11 Å². The third kappa shape index (κ3) is 3.12. The summed E-state index contributed by atoms with van der Waals surface area (Å²) >= 11 is 3.42. The second kappa shape index (κ2) is 6.18.